The highest BCUT2D eigenvalue weighted by molar-refractivity contribution is 5.92. The predicted octanol–water partition coefficient (Wildman–Crippen LogP) is 3.02. The number of carbonyl (C=O) groups is 1. The zero-order valence-electron chi connectivity index (χ0n) is 14.7. The van der Waals surface area contributed by atoms with Gasteiger partial charge in [-0.1, -0.05) is 32.9 Å². The molecule has 1 aromatic rings. The quantitative estimate of drug-likeness (QED) is 0.757. The van der Waals surface area contributed by atoms with Gasteiger partial charge in [-0.25, -0.2) is 0 Å². The lowest BCUT2D eigenvalue weighted by Crippen LogP contribution is -2.41. The van der Waals surface area contributed by atoms with Crippen molar-refractivity contribution in [2.45, 2.75) is 60.1 Å². The molecule has 0 saturated carbocycles. The van der Waals surface area contributed by atoms with Gasteiger partial charge in [-0.2, -0.15) is 0 Å². The topological polar surface area (TPSA) is 61.4 Å². The summed E-state index contributed by atoms with van der Waals surface area (Å²) in [7, 11) is 0. The normalized spacial score (nSPS) is 14.5. The fraction of sp³-hybridized carbons (Fsp3) is 0.611. The maximum Gasteiger partial charge on any atom is 0.225 e. The summed E-state index contributed by atoms with van der Waals surface area (Å²) in [6, 6.07) is 5.91. The second-order valence-corrected chi connectivity index (χ2v) is 7.19. The Morgan fingerprint density at radius 2 is 1.91 bits per heavy atom. The van der Waals surface area contributed by atoms with Gasteiger partial charge >= 0.3 is 0 Å². The van der Waals surface area contributed by atoms with E-state index in [1.807, 2.05) is 59.7 Å². The summed E-state index contributed by atoms with van der Waals surface area (Å²) < 4.78 is 0. The van der Waals surface area contributed by atoms with Gasteiger partial charge in [0.1, 0.15) is 0 Å². The van der Waals surface area contributed by atoms with Crippen LogP contribution in [0.1, 0.15) is 45.2 Å². The Kier molecular flexibility index (Phi) is 6.57. The first-order valence-corrected chi connectivity index (χ1v) is 7.88. The Morgan fingerprint density at radius 3 is 2.50 bits per heavy atom. The van der Waals surface area contributed by atoms with Crippen molar-refractivity contribution in [2.75, 3.05) is 11.9 Å². The average Bonchev–Trinajstić information content (AvgIpc) is 2.40. The van der Waals surface area contributed by atoms with Crippen LogP contribution in [0, 0.1) is 19.3 Å². The highest BCUT2D eigenvalue weighted by Gasteiger charge is 2.22. The van der Waals surface area contributed by atoms with Crippen molar-refractivity contribution in [3.63, 3.8) is 0 Å². The van der Waals surface area contributed by atoms with Crippen LogP contribution in [0.3, 0.4) is 0 Å². The molecule has 4 nitrogen and oxygen atoms in total. The van der Waals surface area contributed by atoms with E-state index in [4.69, 9.17) is 0 Å². The standard InChI is InChI=1S/C18H30N2O2/c1-12-8-7-9-15(14(12)3)20-17(22)10-13(2)19-11-16(21)18(4,5)6/h7-9,13,16,19,21H,10-11H2,1-6H3,(H,20,22). The lowest BCUT2D eigenvalue weighted by Gasteiger charge is -2.27. The number of aryl methyl sites for hydroxylation is 1. The Hall–Kier alpha value is -1.39. The van der Waals surface area contributed by atoms with E-state index in [9.17, 15) is 9.90 Å². The molecular formula is C18H30N2O2. The predicted molar refractivity (Wildman–Crippen MR) is 92.1 cm³/mol. The maximum atomic E-state index is 12.1. The smallest absolute Gasteiger partial charge is 0.225 e. The second kappa shape index (κ2) is 7.75. The average molecular weight is 306 g/mol. The van der Waals surface area contributed by atoms with Crippen molar-refractivity contribution in [1.82, 2.24) is 5.32 Å². The first kappa shape index (κ1) is 18.7. The van der Waals surface area contributed by atoms with Crippen molar-refractivity contribution in [2.24, 2.45) is 5.41 Å². The summed E-state index contributed by atoms with van der Waals surface area (Å²) in [5.41, 5.74) is 2.97. The third kappa shape index (κ3) is 5.78. The summed E-state index contributed by atoms with van der Waals surface area (Å²) in [5, 5.41) is 16.2. The Labute approximate surface area is 134 Å². The molecule has 0 aliphatic carbocycles. The van der Waals surface area contributed by atoms with Crippen LogP contribution >= 0.6 is 0 Å². The van der Waals surface area contributed by atoms with E-state index in [1.54, 1.807) is 0 Å². The van der Waals surface area contributed by atoms with Gasteiger partial charge in [0.2, 0.25) is 5.91 Å². The number of nitrogens with one attached hydrogen (secondary N) is 2. The molecular weight excluding hydrogens is 276 g/mol. The number of aliphatic hydroxyl groups excluding tert-OH is 1. The largest absolute Gasteiger partial charge is 0.391 e. The molecule has 0 aliphatic heterocycles. The number of anilines is 1. The van der Waals surface area contributed by atoms with E-state index >= 15 is 0 Å². The first-order valence-electron chi connectivity index (χ1n) is 7.88. The van der Waals surface area contributed by atoms with Crippen molar-refractivity contribution in [3.05, 3.63) is 29.3 Å². The molecule has 0 saturated heterocycles. The van der Waals surface area contributed by atoms with Gasteiger partial charge < -0.3 is 15.7 Å². The van der Waals surface area contributed by atoms with Crippen LogP contribution in [-0.2, 0) is 4.79 Å². The molecule has 0 heterocycles. The zero-order valence-corrected chi connectivity index (χ0v) is 14.7. The number of carbonyl (C=O) groups excluding carboxylic acids is 1. The lowest BCUT2D eigenvalue weighted by molar-refractivity contribution is -0.116. The van der Waals surface area contributed by atoms with Crippen LogP contribution in [0.2, 0.25) is 0 Å². The lowest BCUT2D eigenvalue weighted by atomic mass is 9.89. The third-order valence-corrected chi connectivity index (χ3v) is 4.03. The summed E-state index contributed by atoms with van der Waals surface area (Å²) in [5.74, 6) is -0.0149. The molecule has 4 heteroatoms. The molecule has 124 valence electrons. The van der Waals surface area contributed by atoms with Gasteiger partial charge in [0.25, 0.3) is 0 Å². The third-order valence-electron chi connectivity index (χ3n) is 4.03. The molecule has 0 radical (unpaired) electrons. The van der Waals surface area contributed by atoms with Gasteiger partial charge in [0.05, 0.1) is 6.10 Å². The molecule has 2 atom stereocenters. The van der Waals surface area contributed by atoms with Gasteiger partial charge in [-0.15, -0.1) is 0 Å². The van der Waals surface area contributed by atoms with Gasteiger partial charge in [-0.3, -0.25) is 4.79 Å². The van der Waals surface area contributed by atoms with Crippen LogP contribution in [0.15, 0.2) is 18.2 Å². The van der Waals surface area contributed by atoms with E-state index in [0.717, 1.165) is 16.8 Å². The summed E-state index contributed by atoms with van der Waals surface area (Å²) in [6.45, 7) is 12.5. The molecule has 0 aliphatic rings. The Morgan fingerprint density at radius 1 is 1.27 bits per heavy atom. The highest BCUT2D eigenvalue weighted by Crippen LogP contribution is 2.19. The Balaban J connectivity index is 2.46. The number of hydrogen-bond acceptors (Lipinski definition) is 3. The first-order chi connectivity index (χ1) is 10.1. The van der Waals surface area contributed by atoms with Crippen LogP contribution in [-0.4, -0.2) is 29.7 Å². The summed E-state index contributed by atoms with van der Waals surface area (Å²) in [4.78, 5) is 12.1. The second-order valence-electron chi connectivity index (χ2n) is 7.19. The maximum absolute atomic E-state index is 12.1. The molecule has 22 heavy (non-hydrogen) atoms. The number of rotatable bonds is 6. The molecule has 3 N–H and O–H groups in total. The van der Waals surface area contributed by atoms with Crippen LogP contribution < -0.4 is 10.6 Å². The van der Waals surface area contributed by atoms with Gasteiger partial charge in [0, 0.05) is 24.7 Å². The van der Waals surface area contributed by atoms with Crippen LogP contribution in [0.4, 0.5) is 5.69 Å². The van der Waals surface area contributed by atoms with E-state index in [1.165, 1.54) is 0 Å². The molecule has 0 spiro atoms. The minimum absolute atomic E-state index is 0.0149. The summed E-state index contributed by atoms with van der Waals surface area (Å²) in [6.07, 6.45) is -0.0541. The van der Waals surface area contributed by atoms with Gasteiger partial charge in [0.15, 0.2) is 0 Å². The minimum Gasteiger partial charge on any atom is -0.391 e. The molecule has 1 aromatic carbocycles. The van der Waals surface area contributed by atoms with Crippen molar-refractivity contribution in [3.8, 4) is 0 Å². The number of benzene rings is 1. The monoisotopic (exact) mass is 306 g/mol. The molecule has 0 aromatic heterocycles. The molecule has 2 unspecified atom stereocenters. The fourth-order valence-corrected chi connectivity index (χ4v) is 2.06. The summed E-state index contributed by atoms with van der Waals surface area (Å²) >= 11 is 0. The Bertz CT molecular complexity index is 506. The van der Waals surface area contributed by atoms with Crippen LogP contribution in [0.25, 0.3) is 0 Å². The number of amides is 1. The molecule has 0 bridgehead atoms. The van der Waals surface area contributed by atoms with Crippen molar-refractivity contribution < 1.29 is 9.90 Å². The molecule has 1 rings (SSSR count). The molecule has 1 amide bonds. The van der Waals surface area contributed by atoms with E-state index in [-0.39, 0.29) is 17.4 Å². The van der Waals surface area contributed by atoms with E-state index in [2.05, 4.69) is 10.6 Å². The van der Waals surface area contributed by atoms with E-state index < -0.39 is 6.10 Å². The SMILES string of the molecule is Cc1cccc(NC(=O)CC(C)NCC(O)C(C)(C)C)c1C. The van der Waals surface area contributed by atoms with E-state index in [0.29, 0.717) is 13.0 Å². The van der Waals surface area contributed by atoms with Crippen molar-refractivity contribution in [1.29, 1.82) is 0 Å². The minimum atomic E-state index is -0.433. The number of aliphatic hydroxyl groups is 1. The zero-order chi connectivity index (χ0) is 16.9. The van der Waals surface area contributed by atoms with Crippen LogP contribution in [0.5, 0.6) is 0 Å². The fourth-order valence-electron chi connectivity index (χ4n) is 2.06. The molecule has 0 fully saturated rings. The number of hydrogen-bond donors (Lipinski definition) is 3. The highest BCUT2D eigenvalue weighted by atomic mass is 16.3. The van der Waals surface area contributed by atoms with Gasteiger partial charge in [-0.05, 0) is 43.4 Å². The van der Waals surface area contributed by atoms with Crippen molar-refractivity contribution >= 4 is 11.6 Å².